The standard InChI is InChI=1S/C61H96O6/c1-4-7-10-13-16-19-22-25-27-29-30-32-33-36-39-42-45-48-51-54-60(63)66-57-58(56-65-59(62)53-50-47-44-41-38-35-24-21-18-15-12-9-6-3)67-61(64)55-52-49-46-43-40-37-34-31-28-26-23-20-17-14-11-8-5-2/h8-9,11-12,14-15,17-18,20-21,23-24,26,28,31,34-35,37-38,40-41,44,58H,4-7,10,13,16,19,22,25,27,29-30,32-33,36,39,42-43,45-57H2,1-3H3/b11-8-,12-9-,17-14-,18-15-,23-20-,24-21-,28-26-,34-31+,38-35-,40-37-,44-41-. The Morgan fingerprint density at radius 3 is 0.970 bits per heavy atom. The highest BCUT2D eigenvalue weighted by Crippen LogP contribution is 2.15. The molecule has 0 aromatic heterocycles. The highest BCUT2D eigenvalue weighted by Gasteiger charge is 2.19. The maximum Gasteiger partial charge on any atom is 0.306 e. The van der Waals surface area contributed by atoms with Gasteiger partial charge in [-0.05, 0) is 51.4 Å². The zero-order valence-electron chi connectivity index (χ0n) is 42.9. The third-order valence-electron chi connectivity index (χ3n) is 10.9. The van der Waals surface area contributed by atoms with E-state index in [4.69, 9.17) is 14.2 Å². The van der Waals surface area contributed by atoms with Crippen LogP contribution >= 0.6 is 0 Å². The third kappa shape index (κ3) is 52.4. The molecular formula is C61H96O6. The summed E-state index contributed by atoms with van der Waals surface area (Å²) >= 11 is 0. The van der Waals surface area contributed by atoms with Crippen LogP contribution in [0.15, 0.2) is 134 Å². The number of carbonyl (C=O) groups excluding carboxylic acids is 3. The fourth-order valence-electron chi connectivity index (χ4n) is 6.97. The molecule has 0 aliphatic rings. The van der Waals surface area contributed by atoms with Crippen LogP contribution in [-0.4, -0.2) is 37.2 Å². The lowest BCUT2D eigenvalue weighted by Crippen LogP contribution is -2.30. The van der Waals surface area contributed by atoms with Crippen molar-refractivity contribution < 1.29 is 28.6 Å². The summed E-state index contributed by atoms with van der Waals surface area (Å²) in [5, 5.41) is 0. The van der Waals surface area contributed by atoms with Crippen molar-refractivity contribution in [1.29, 1.82) is 0 Å². The largest absolute Gasteiger partial charge is 0.462 e. The van der Waals surface area contributed by atoms with Crippen LogP contribution < -0.4 is 0 Å². The average Bonchev–Trinajstić information content (AvgIpc) is 3.33. The monoisotopic (exact) mass is 925 g/mol. The second-order valence-electron chi connectivity index (χ2n) is 17.3. The minimum absolute atomic E-state index is 0.122. The second-order valence-corrected chi connectivity index (χ2v) is 17.3. The molecule has 0 spiro atoms. The molecule has 0 aromatic carbocycles. The van der Waals surface area contributed by atoms with Crippen LogP contribution in [0.5, 0.6) is 0 Å². The van der Waals surface area contributed by atoms with E-state index in [9.17, 15) is 14.4 Å². The Morgan fingerprint density at radius 1 is 0.313 bits per heavy atom. The van der Waals surface area contributed by atoms with Gasteiger partial charge in [-0.3, -0.25) is 14.4 Å². The first-order valence-electron chi connectivity index (χ1n) is 26.8. The first-order valence-corrected chi connectivity index (χ1v) is 26.8. The van der Waals surface area contributed by atoms with Crippen LogP contribution in [0.3, 0.4) is 0 Å². The molecule has 0 aliphatic heterocycles. The quantitative estimate of drug-likeness (QED) is 0.0262. The van der Waals surface area contributed by atoms with Gasteiger partial charge in [-0.1, -0.05) is 276 Å². The van der Waals surface area contributed by atoms with Crippen LogP contribution in [-0.2, 0) is 28.6 Å². The minimum Gasteiger partial charge on any atom is -0.462 e. The Kier molecular flexibility index (Phi) is 50.6. The molecule has 0 saturated carbocycles. The number of hydrogen-bond acceptors (Lipinski definition) is 6. The Morgan fingerprint density at radius 2 is 0.597 bits per heavy atom. The van der Waals surface area contributed by atoms with Crippen molar-refractivity contribution in [3.8, 4) is 0 Å². The van der Waals surface area contributed by atoms with E-state index in [1.807, 2.05) is 115 Å². The van der Waals surface area contributed by atoms with Gasteiger partial charge in [-0.15, -0.1) is 0 Å². The summed E-state index contributed by atoms with van der Waals surface area (Å²) in [5.41, 5.74) is 0. The Labute approximate surface area is 411 Å². The molecular weight excluding hydrogens is 829 g/mol. The normalized spacial score (nSPS) is 13.2. The Hall–Kier alpha value is -4.45. The van der Waals surface area contributed by atoms with E-state index in [1.165, 1.54) is 103 Å². The topological polar surface area (TPSA) is 78.9 Å². The molecule has 376 valence electrons. The molecule has 0 bridgehead atoms. The molecule has 0 radical (unpaired) electrons. The van der Waals surface area contributed by atoms with Gasteiger partial charge in [0, 0.05) is 19.3 Å². The molecule has 0 heterocycles. The molecule has 0 N–H and O–H groups in total. The molecule has 0 aliphatic carbocycles. The number of ether oxygens (including phenoxy) is 3. The maximum absolute atomic E-state index is 12.8. The number of allylic oxidation sites excluding steroid dienone is 22. The van der Waals surface area contributed by atoms with Gasteiger partial charge in [-0.25, -0.2) is 0 Å². The van der Waals surface area contributed by atoms with Crippen LogP contribution in [0.2, 0.25) is 0 Å². The van der Waals surface area contributed by atoms with Crippen molar-refractivity contribution >= 4 is 17.9 Å². The predicted octanol–water partition coefficient (Wildman–Crippen LogP) is 17.9. The molecule has 67 heavy (non-hydrogen) atoms. The first kappa shape index (κ1) is 62.5. The van der Waals surface area contributed by atoms with Gasteiger partial charge < -0.3 is 14.2 Å². The summed E-state index contributed by atoms with van der Waals surface area (Å²) in [6, 6.07) is 0. The molecule has 6 heteroatoms. The summed E-state index contributed by atoms with van der Waals surface area (Å²) in [6.07, 6.45) is 75.9. The molecule has 0 aromatic rings. The van der Waals surface area contributed by atoms with E-state index in [0.29, 0.717) is 19.3 Å². The van der Waals surface area contributed by atoms with Gasteiger partial charge in [-0.2, -0.15) is 0 Å². The van der Waals surface area contributed by atoms with Gasteiger partial charge >= 0.3 is 17.9 Å². The number of hydrogen-bond donors (Lipinski definition) is 0. The summed E-state index contributed by atoms with van der Waals surface area (Å²) in [4.78, 5) is 38.0. The van der Waals surface area contributed by atoms with Gasteiger partial charge in [0.25, 0.3) is 0 Å². The van der Waals surface area contributed by atoms with Crippen LogP contribution in [0.1, 0.15) is 213 Å². The van der Waals surface area contributed by atoms with Crippen molar-refractivity contribution in [3.63, 3.8) is 0 Å². The predicted molar refractivity (Wildman–Crippen MR) is 288 cm³/mol. The molecule has 0 saturated heterocycles. The molecule has 0 fully saturated rings. The SMILES string of the molecule is CC\C=C/C=C\C=C/C=C\C=C/CCCC(=O)OCC(COC(=O)CCCCCCCCCCCCCCCCCCCCC)OC(=O)CCCCC\C=C/C=C/C=C\C=C/C=C\C=C/CC. The van der Waals surface area contributed by atoms with E-state index in [-0.39, 0.29) is 44.0 Å². The lowest BCUT2D eigenvalue weighted by Gasteiger charge is -2.18. The Balaban J connectivity index is 4.53. The summed E-state index contributed by atoms with van der Waals surface area (Å²) < 4.78 is 16.7. The van der Waals surface area contributed by atoms with Crippen molar-refractivity contribution in [1.82, 2.24) is 0 Å². The molecule has 6 nitrogen and oxygen atoms in total. The van der Waals surface area contributed by atoms with Gasteiger partial charge in [0.1, 0.15) is 13.2 Å². The van der Waals surface area contributed by atoms with Gasteiger partial charge in [0.05, 0.1) is 0 Å². The van der Waals surface area contributed by atoms with Crippen LogP contribution in [0.4, 0.5) is 0 Å². The van der Waals surface area contributed by atoms with Crippen molar-refractivity contribution in [3.05, 3.63) is 134 Å². The van der Waals surface area contributed by atoms with Crippen LogP contribution in [0.25, 0.3) is 0 Å². The smallest absolute Gasteiger partial charge is 0.306 e. The number of carbonyl (C=O) groups is 3. The van der Waals surface area contributed by atoms with Crippen LogP contribution in [0, 0.1) is 0 Å². The molecule has 1 atom stereocenters. The molecule has 0 amide bonds. The van der Waals surface area contributed by atoms with E-state index < -0.39 is 6.10 Å². The highest BCUT2D eigenvalue weighted by atomic mass is 16.6. The van der Waals surface area contributed by atoms with Gasteiger partial charge in [0.2, 0.25) is 0 Å². The van der Waals surface area contributed by atoms with Crippen molar-refractivity contribution in [2.24, 2.45) is 0 Å². The molecule has 0 rings (SSSR count). The maximum atomic E-state index is 12.8. The van der Waals surface area contributed by atoms with E-state index in [1.54, 1.807) is 0 Å². The average molecular weight is 925 g/mol. The number of rotatable bonds is 46. The van der Waals surface area contributed by atoms with E-state index >= 15 is 0 Å². The first-order chi connectivity index (χ1) is 33.0. The fraction of sp³-hybridized carbons (Fsp3) is 0.590. The lowest BCUT2D eigenvalue weighted by molar-refractivity contribution is -0.167. The minimum atomic E-state index is -0.834. The zero-order valence-corrected chi connectivity index (χ0v) is 42.9. The Bertz CT molecular complexity index is 1480. The summed E-state index contributed by atoms with van der Waals surface area (Å²) in [6.45, 7) is 6.24. The number of esters is 3. The summed E-state index contributed by atoms with van der Waals surface area (Å²) in [7, 11) is 0. The zero-order chi connectivity index (χ0) is 48.6. The van der Waals surface area contributed by atoms with Gasteiger partial charge in [0.15, 0.2) is 6.10 Å². The lowest BCUT2D eigenvalue weighted by atomic mass is 10.0. The molecule has 1 unspecified atom stereocenters. The fourth-order valence-corrected chi connectivity index (χ4v) is 6.97. The van der Waals surface area contributed by atoms with E-state index in [0.717, 1.165) is 57.8 Å². The second kappa shape index (κ2) is 54.2. The summed E-state index contributed by atoms with van der Waals surface area (Å²) in [5.74, 6) is -1.05. The van der Waals surface area contributed by atoms with Crippen molar-refractivity contribution in [2.45, 2.75) is 219 Å². The number of unbranched alkanes of at least 4 members (excludes halogenated alkanes) is 22. The van der Waals surface area contributed by atoms with Crippen molar-refractivity contribution in [2.75, 3.05) is 13.2 Å². The highest BCUT2D eigenvalue weighted by molar-refractivity contribution is 5.71. The van der Waals surface area contributed by atoms with E-state index in [2.05, 4.69) is 39.0 Å². The third-order valence-corrected chi connectivity index (χ3v) is 10.9.